The number of nitriles is 1. The van der Waals surface area contributed by atoms with E-state index in [1.165, 1.54) is 0 Å². The van der Waals surface area contributed by atoms with Gasteiger partial charge in [0, 0.05) is 27.6 Å². The second-order valence-electron chi connectivity index (χ2n) is 5.81. The van der Waals surface area contributed by atoms with Crippen LogP contribution in [0.3, 0.4) is 0 Å². The minimum Gasteiger partial charge on any atom is -0.456 e. The molecule has 144 valence electrons. The first-order valence-corrected chi connectivity index (χ1v) is 9.49. The number of benzene rings is 2. The highest BCUT2D eigenvalue weighted by Gasteiger charge is 2.13. The van der Waals surface area contributed by atoms with E-state index in [0.29, 0.717) is 16.3 Å². The van der Waals surface area contributed by atoms with E-state index in [9.17, 15) is 14.4 Å². The molecule has 0 heterocycles. The van der Waals surface area contributed by atoms with Crippen LogP contribution in [0.4, 0.5) is 5.69 Å². The molecule has 0 aliphatic heterocycles. The minimum atomic E-state index is -0.630. The lowest BCUT2D eigenvalue weighted by Crippen LogP contribution is -2.21. The summed E-state index contributed by atoms with van der Waals surface area (Å²) in [6.45, 7) is 1.35. The van der Waals surface area contributed by atoms with Crippen molar-refractivity contribution in [3.8, 4) is 5.40 Å². The lowest BCUT2D eigenvalue weighted by molar-refractivity contribution is -0.147. The number of thioether (sulfide) groups is 1. The van der Waals surface area contributed by atoms with Gasteiger partial charge in [0.25, 0.3) is 5.91 Å². The Kier molecular flexibility index (Phi) is 8.05. The summed E-state index contributed by atoms with van der Waals surface area (Å²) in [6, 6.07) is 11.6. The molecule has 0 atom stereocenters. The molecule has 0 aromatic heterocycles. The SMILES string of the molecule is Cc1cc(SC#N)ccc1NC(=O)COC(=O)CCC(=O)c1ccc(Cl)cc1. The number of nitrogens with zero attached hydrogens (tertiary/aromatic N) is 1. The maximum Gasteiger partial charge on any atom is 0.306 e. The lowest BCUT2D eigenvalue weighted by atomic mass is 10.1. The molecule has 1 N–H and O–H groups in total. The third kappa shape index (κ3) is 6.72. The van der Waals surface area contributed by atoms with Crippen LogP contribution in [-0.4, -0.2) is 24.3 Å². The van der Waals surface area contributed by atoms with E-state index in [1.54, 1.807) is 49.4 Å². The van der Waals surface area contributed by atoms with E-state index in [2.05, 4.69) is 5.32 Å². The summed E-state index contributed by atoms with van der Waals surface area (Å²) < 4.78 is 4.91. The second kappa shape index (κ2) is 10.5. The molecule has 1 amide bonds. The molecule has 0 fully saturated rings. The zero-order chi connectivity index (χ0) is 20.5. The molecule has 0 aliphatic carbocycles. The third-order valence-corrected chi connectivity index (χ3v) is 4.55. The molecule has 2 aromatic rings. The topological polar surface area (TPSA) is 96.3 Å². The van der Waals surface area contributed by atoms with Crippen molar-refractivity contribution in [2.24, 2.45) is 0 Å². The Morgan fingerprint density at radius 2 is 1.86 bits per heavy atom. The maximum absolute atomic E-state index is 12.0. The fourth-order valence-electron chi connectivity index (χ4n) is 2.29. The first-order valence-electron chi connectivity index (χ1n) is 8.30. The fraction of sp³-hybridized carbons (Fsp3) is 0.200. The van der Waals surface area contributed by atoms with Crippen LogP contribution in [0.1, 0.15) is 28.8 Å². The van der Waals surface area contributed by atoms with Crippen LogP contribution < -0.4 is 5.32 Å². The normalized spacial score (nSPS) is 10.0. The second-order valence-corrected chi connectivity index (χ2v) is 7.10. The molecule has 0 unspecified atom stereocenters. The predicted molar refractivity (Wildman–Crippen MR) is 107 cm³/mol. The van der Waals surface area contributed by atoms with Gasteiger partial charge in [0.15, 0.2) is 12.4 Å². The van der Waals surface area contributed by atoms with Gasteiger partial charge in [-0.25, -0.2) is 0 Å². The molecule has 0 saturated heterocycles. The molecule has 2 aromatic carbocycles. The summed E-state index contributed by atoms with van der Waals surface area (Å²) in [4.78, 5) is 36.5. The molecule has 8 heteroatoms. The number of halogens is 1. The van der Waals surface area contributed by atoms with Gasteiger partial charge in [-0.1, -0.05) is 11.6 Å². The maximum atomic E-state index is 12.0. The van der Waals surface area contributed by atoms with Crippen molar-refractivity contribution in [1.82, 2.24) is 0 Å². The number of ether oxygens (including phenoxy) is 1. The van der Waals surface area contributed by atoms with Gasteiger partial charge in [0.2, 0.25) is 0 Å². The molecule has 2 rings (SSSR count). The number of hydrogen-bond acceptors (Lipinski definition) is 6. The number of rotatable bonds is 8. The molecule has 0 bridgehead atoms. The van der Waals surface area contributed by atoms with Gasteiger partial charge in [-0.15, -0.1) is 0 Å². The molecular weight excluding hydrogens is 400 g/mol. The number of carbonyl (C=O) groups is 3. The van der Waals surface area contributed by atoms with E-state index in [0.717, 1.165) is 22.2 Å². The number of hydrogen-bond donors (Lipinski definition) is 1. The average Bonchev–Trinajstić information content (AvgIpc) is 2.67. The molecule has 6 nitrogen and oxygen atoms in total. The van der Waals surface area contributed by atoms with Crippen molar-refractivity contribution in [2.45, 2.75) is 24.7 Å². The van der Waals surface area contributed by atoms with Crippen LogP contribution in [0.15, 0.2) is 47.4 Å². The molecule has 0 spiro atoms. The Balaban J connectivity index is 1.76. The average molecular weight is 417 g/mol. The van der Waals surface area contributed by atoms with E-state index in [4.69, 9.17) is 21.6 Å². The van der Waals surface area contributed by atoms with Crippen molar-refractivity contribution < 1.29 is 19.1 Å². The Morgan fingerprint density at radius 3 is 2.50 bits per heavy atom. The molecule has 0 saturated carbocycles. The van der Waals surface area contributed by atoms with Gasteiger partial charge in [-0.2, -0.15) is 5.26 Å². The molecule has 28 heavy (non-hydrogen) atoms. The number of nitrogens with one attached hydrogen (secondary N) is 1. The largest absolute Gasteiger partial charge is 0.456 e. The number of Topliss-reactive ketones (excluding diaryl/α,β-unsaturated/α-hetero) is 1. The summed E-state index contributed by atoms with van der Waals surface area (Å²) in [7, 11) is 0. The van der Waals surface area contributed by atoms with E-state index in [1.807, 2.05) is 5.40 Å². The zero-order valence-corrected chi connectivity index (χ0v) is 16.6. The summed E-state index contributed by atoms with van der Waals surface area (Å²) in [6.07, 6.45) is -0.132. The van der Waals surface area contributed by atoms with Gasteiger partial charge in [-0.05, 0) is 66.7 Å². The first-order chi connectivity index (χ1) is 13.4. The number of anilines is 1. The smallest absolute Gasteiger partial charge is 0.306 e. The Morgan fingerprint density at radius 1 is 1.14 bits per heavy atom. The number of ketones is 1. The summed E-state index contributed by atoms with van der Waals surface area (Å²) >= 11 is 6.79. The molecule has 0 aliphatic rings. The van der Waals surface area contributed by atoms with Crippen molar-refractivity contribution >= 4 is 46.7 Å². The zero-order valence-electron chi connectivity index (χ0n) is 15.0. The summed E-state index contributed by atoms with van der Waals surface area (Å²) in [5.41, 5.74) is 1.82. The summed E-state index contributed by atoms with van der Waals surface area (Å²) in [5, 5.41) is 13.8. The van der Waals surface area contributed by atoms with Crippen molar-refractivity contribution in [1.29, 1.82) is 5.26 Å². The van der Waals surface area contributed by atoms with Crippen LogP contribution in [0.5, 0.6) is 0 Å². The van der Waals surface area contributed by atoms with Gasteiger partial charge in [-0.3, -0.25) is 14.4 Å². The van der Waals surface area contributed by atoms with Crippen molar-refractivity contribution in [3.63, 3.8) is 0 Å². The highest BCUT2D eigenvalue weighted by molar-refractivity contribution is 8.03. The van der Waals surface area contributed by atoms with Crippen molar-refractivity contribution in [2.75, 3.05) is 11.9 Å². The number of aryl methyl sites for hydroxylation is 1. The third-order valence-electron chi connectivity index (χ3n) is 3.72. The first kappa shape index (κ1) is 21.5. The molecular formula is C20H17ClN2O4S. The number of amides is 1. The Hall–Kier alpha value is -2.82. The monoisotopic (exact) mass is 416 g/mol. The standard InChI is InChI=1S/C20H17ClN2O4S/c1-13-10-16(28-12-22)6-7-17(13)23-19(25)11-27-20(26)9-8-18(24)14-2-4-15(21)5-3-14/h2-7,10H,8-9,11H2,1H3,(H,23,25). The van der Waals surface area contributed by atoms with Crippen molar-refractivity contribution in [3.05, 3.63) is 58.6 Å². The van der Waals surface area contributed by atoms with Crippen LogP contribution in [0, 0.1) is 17.6 Å². The van der Waals surface area contributed by atoms with Gasteiger partial charge in [0.1, 0.15) is 5.40 Å². The highest BCUT2D eigenvalue weighted by atomic mass is 35.5. The number of carbonyl (C=O) groups excluding carboxylic acids is 3. The quantitative estimate of drug-likeness (QED) is 0.297. The van der Waals surface area contributed by atoms with Crippen LogP contribution in [0.2, 0.25) is 5.02 Å². The Bertz CT molecular complexity index is 923. The van der Waals surface area contributed by atoms with Crippen LogP contribution >= 0.6 is 23.4 Å². The Labute approximate surface area is 171 Å². The number of thiocyanates is 1. The van der Waals surface area contributed by atoms with E-state index < -0.39 is 18.5 Å². The highest BCUT2D eigenvalue weighted by Crippen LogP contribution is 2.23. The minimum absolute atomic E-state index is 0.0147. The van der Waals surface area contributed by atoms with E-state index >= 15 is 0 Å². The fourth-order valence-corrected chi connectivity index (χ4v) is 2.90. The number of esters is 1. The van der Waals surface area contributed by atoms with Crippen LogP contribution in [-0.2, 0) is 14.3 Å². The lowest BCUT2D eigenvalue weighted by Gasteiger charge is -2.09. The van der Waals surface area contributed by atoms with Gasteiger partial charge >= 0.3 is 5.97 Å². The van der Waals surface area contributed by atoms with Gasteiger partial charge < -0.3 is 10.1 Å². The van der Waals surface area contributed by atoms with Crippen LogP contribution in [0.25, 0.3) is 0 Å². The molecule has 0 radical (unpaired) electrons. The van der Waals surface area contributed by atoms with Gasteiger partial charge in [0.05, 0.1) is 6.42 Å². The van der Waals surface area contributed by atoms with E-state index in [-0.39, 0.29) is 18.6 Å². The summed E-state index contributed by atoms with van der Waals surface area (Å²) in [5.74, 6) is -1.32. The predicted octanol–water partition coefficient (Wildman–Crippen LogP) is 4.37.